The van der Waals surface area contributed by atoms with Gasteiger partial charge in [0.2, 0.25) is 11.8 Å². The topological polar surface area (TPSA) is 116 Å². The van der Waals surface area contributed by atoms with Crippen molar-refractivity contribution in [2.75, 3.05) is 17.6 Å². The summed E-state index contributed by atoms with van der Waals surface area (Å²) < 4.78 is 5.22. The Balaban J connectivity index is 2.47. The van der Waals surface area contributed by atoms with Crippen molar-refractivity contribution in [2.45, 2.75) is 78.9 Å². The van der Waals surface area contributed by atoms with Crippen LogP contribution in [0.1, 0.15) is 61.0 Å². The standard InChI is InChI=1S/C30H46IN5O4/c1-17(2)23(14-18(3)28(39)40)36(11)27(38)25(29(4,5)6)33-26(37)24(32-9)30(7,8)21-16-35(10)22-13-12-19(34-31)15-20(21)22/h12-17,23-25,32,34H,1-11H3,(H,33,37)(H,39,40)/b18-14+/t23-,24?,25-/m1/s1. The number of aliphatic carboxylic acids is 1. The number of hydrogen-bond acceptors (Lipinski definition) is 5. The Labute approximate surface area is 252 Å². The molecular weight excluding hydrogens is 621 g/mol. The minimum atomic E-state index is -1.03. The molecule has 222 valence electrons. The Bertz CT molecular complexity index is 1270. The zero-order chi connectivity index (χ0) is 30.7. The number of carbonyl (C=O) groups is 3. The van der Waals surface area contributed by atoms with Gasteiger partial charge in [-0.3, -0.25) is 9.59 Å². The molecule has 1 heterocycles. The number of anilines is 1. The van der Waals surface area contributed by atoms with Crippen molar-refractivity contribution in [2.24, 2.45) is 18.4 Å². The molecule has 10 heteroatoms. The number of fused-ring (bicyclic) bond motifs is 1. The molecule has 2 rings (SSSR count). The fourth-order valence-corrected chi connectivity index (χ4v) is 5.58. The van der Waals surface area contributed by atoms with Gasteiger partial charge in [-0.1, -0.05) is 54.5 Å². The van der Waals surface area contributed by atoms with E-state index in [1.54, 1.807) is 25.1 Å². The predicted octanol–water partition coefficient (Wildman–Crippen LogP) is 4.85. The lowest BCUT2D eigenvalue weighted by atomic mass is 9.76. The number of likely N-dealkylation sites (N-methyl/N-ethyl adjacent to an activating group) is 2. The van der Waals surface area contributed by atoms with Gasteiger partial charge in [-0.2, -0.15) is 0 Å². The fraction of sp³-hybridized carbons (Fsp3) is 0.567. The monoisotopic (exact) mass is 667 g/mol. The molecule has 1 aromatic heterocycles. The summed E-state index contributed by atoms with van der Waals surface area (Å²) in [5.41, 5.74) is 1.97. The van der Waals surface area contributed by atoms with Crippen molar-refractivity contribution in [1.82, 2.24) is 20.1 Å². The molecule has 2 aromatic rings. The zero-order valence-corrected chi connectivity index (χ0v) is 27.8. The minimum absolute atomic E-state index is 0.0307. The first-order valence-corrected chi connectivity index (χ1v) is 14.6. The number of carboxylic acid groups (broad SMARTS) is 1. The molecule has 40 heavy (non-hydrogen) atoms. The molecular formula is C30H46IN5O4. The van der Waals surface area contributed by atoms with Gasteiger partial charge in [0, 0.05) is 47.9 Å². The van der Waals surface area contributed by atoms with Gasteiger partial charge in [-0.15, -0.1) is 0 Å². The molecule has 1 unspecified atom stereocenters. The summed E-state index contributed by atoms with van der Waals surface area (Å²) in [4.78, 5) is 40.9. The predicted molar refractivity (Wildman–Crippen MR) is 171 cm³/mol. The Morgan fingerprint density at radius 2 is 1.70 bits per heavy atom. The number of aromatic nitrogens is 1. The van der Waals surface area contributed by atoms with E-state index in [1.165, 1.54) is 6.92 Å². The average Bonchev–Trinajstić information content (AvgIpc) is 3.20. The third-order valence-electron chi connectivity index (χ3n) is 7.70. The second-order valence-corrected chi connectivity index (χ2v) is 13.1. The van der Waals surface area contributed by atoms with Gasteiger partial charge >= 0.3 is 5.97 Å². The second kappa shape index (κ2) is 12.9. The van der Waals surface area contributed by atoms with Crippen LogP contribution in [0.3, 0.4) is 0 Å². The molecule has 0 aliphatic rings. The first-order valence-electron chi connectivity index (χ1n) is 13.5. The normalized spacial score (nSPS) is 15.1. The zero-order valence-electron chi connectivity index (χ0n) is 25.6. The summed E-state index contributed by atoms with van der Waals surface area (Å²) >= 11 is 2.10. The largest absolute Gasteiger partial charge is 0.478 e. The first-order chi connectivity index (χ1) is 18.4. The fourth-order valence-electron chi connectivity index (χ4n) is 5.24. The molecule has 2 amide bonds. The molecule has 0 aliphatic carbocycles. The van der Waals surface area contributed by atoms with Crippen LogP contribution in [0.4, 0.5) is 5.69 Å². The lowest BCUT2D eigenvalue weighted by Crippen LogP contribution is -2.61. The third kappa shape index (κ3) is 7.18. The van der Waals surface area contributed by atoms with E-state index in [4.69, 9.17) is 0 Å². The van der Waals surface area contributed by atoms with E-state index in [1.807, 2.05) is 61.6 Å². The van der Waals surface area contributed by atoms with Crippen LogP contribution < -0.4 is 14.2 Å². The Morgan fingerprint density at radius 1 is 1.10 bits per heavy atom. The smallest absolute Gasteiger partial charge is 0.331 e. The van der Waals surface area contributed by atoms with Crippen molar-refractivity contribution < 1.29 is 19.5 Å². The molecule has 0 bridgehead atoms. The van der Waals surface area contributed by atoms with Crippen molar-refractivity contribution in [3.63, 3.8) is 0 Å². The molecule has 4 N–H and O–H groups in total. The maximum Gasteiger partial charge on any atom is 0.331 e. The lowest BCUT2D eigenvalue weighted by molar-refractivity contribution is -0.141. The van der Waals surface area contributed by atoms with Crippen molar-refractivity contribution in [1.29, 1.82) is 0 Å². The summed E-state index contributed by atoms with van der Waals surface area (Å²) in [7, 11) is 5.41. The summed E-state index contributed by atoms with van der Waals surface area (Å²) in [6.45, 7) is 15.2. The molecule has 0 aliphatic heterocycles. The molecule has 0 spiro atoms. The number of carbonyl (C=O) groups excluding carboxylic acids is 2. The molecule has 9 nitrogen and oxygen atoms in total. The van der Waals surface area contributed by atoms with E-state index < -0.39 is 34.9 Å². The molecule has 0 saturated heterocycles. The Kier molecular flexibility index (Phi) is 10.9. The van der Waals surface area contributed by atoms with Crippen LogP contribution in [-0.2, 0) is 26.8 Å². The lowest BCUT2D eigenvalue weighted by Gasteiger charge is -2.39. The van der Waals surface area contributed by atoms with E-state index in [0.29, 0.717) is 0 Å². The number of halogens is 1. The van der Waals surface area contributed by atoms with E-state index in [0.717, 1.165) is 22.2 Å². The number of rotatable bonds is 11. The van der Waals surface area contributed by atoms with E-state index >= 15 is 0 Å². The van der Waals surface area contributed by atoms with E-state index in [-0.39, 0.29) is 23.3 Å². The Hall–Kier alpha value is -2.60. The summed E-state index contributed by atoms with van der Waals surface area (Å²) in [6, 6.07) is 4.23. The highest BCUT2D eigenvalue weighted by Gasteiger charge is 2.42. The molecule has 0 saturated carbocycles. The van der Waals surface area contributed by atoms with Gasteiger partial charge in [0.25, 0.3) is 0 Å². The van der Waals surface area contributed by atoms with Crippen LogP contribution in [0.15, 0.2) is 36.0 Å². The summed E-state index contributed by atoms with van der Waals surface area (Å²) in [5, 5.41) is 16.7. The quantitative estimate of drug-likeness (QED) is 0.155. The highest BCUT2D eigenvalue weighted by Crippen LogP contribution is 2.36. The van der Waals surface area contributed by atoms with Crippen LogP contribution in [0.5, 0.6) is 0 Å². The first kappa shape index (κ1) is 33.6. The molecule has 0 radical (unpaired) electrons. The highest BCUT2D eigenvalue weighted by molar-refractivity contribution is 14.1. The third-order valence-corrected chi connectivity index (χ3v) is 8.32. The number of hydrogen-bond donors (Lipinski definition) is 4. The van der Waals surface area contributed by atoms with Crippen molar-refractivity contribution in [3.05, 3.63) is 41.6 Å². The van der Waals surface area contributed by atoms with Gasteiger partial charge in [0.05, 0.1) is 34.9 Å². The molecule has 0 fully saturated rings. The summed E-state index contributed by atoms with van der Waals surface area (Å²) in [6.07, 6.45) is 3.66. The second-order valence-electron chi connectivity index (χ2n) is 12.6. The van der Waals surface area contributed by atoms with E-state index in [9.17, 15) is 19.5 Å². The van der Waals surface area contributed by atoms with Gasteiger partial charge in [0.15, 0.2) is 0 Å². The van der Waals surface area contributed by atoms with Gasteiger partial charge in [-0.05, 0) is 49.1 Å². The van der Waals surface area contributed by atoms with Crippen molar-refractivity contribution >= 4 is 57.2 Å². The van der Waals surface area contributed by atoms with Crippen LogP contribution in [0, 0.1) is 11.3 Å². The minimum Gasteiger partial charge on any atom is -0.478 e. The van der Waals surface area contributed by atoms with Crippen LogP contribution >= 0.6 is 22.9 Å². The van der Waals surface area contributed by atoms with Crippen LogP contribution in [0.2, 0.25) is 0 Å². The molecule has 3 atom stereocenters. The number of nitrogens with one attached hydrogen (secondary N) is 3. The number of aryl methyl sites for hydroxylation is 1. The highest BCUT2D eigenvalue weighted by atomic mass is 127. The number of nitrogens with zero attached hydrogens (tertiary/aromatic N) is 2. The SMILES string of the molecule is CNC(C(=O)N[C@H](C(=O)N(C)[C@H](/C=C(\C)C(=O)O)C(C)C)C(C)(C)C)C(C)(C)c1cn(C)c2ccc(NI)cc12. The molecule has 1 aromatic carbocycles. The van der Waals surface area contributed by atoms with Gasteiger partial charge < -0.3 is 28.7 Å². The number of benzene rings is 1. The van der Waals surface area contributed by atoms with Crippen LogP contribution in [-0.4, -0.2) is 64.6 Å². The maximum atomic E-state index is 14.0. The Morgan fingerprint density at radius 3 is 2.17 bits per heavy atom. The maximum absolute atomic E-state index is 14.0. The van der Waals surface area contributed by atoms with Gasteiger partial charge in [-0.25, -0.2) is 4.79 Å². The number of carboxylic acids is 1. The summed E-state index contributed by atoms with van der Waals surface area (Å²) in [5.74, 6) is -1.62. The van der Waals surface area contributed by atoms with Crippen molar-refractivity contribution in [3.8, 4) is 0 Å². The van der Waals surface area contributed by atoms with Gasteiger partial charge in [0.1, 0.15) is 6.04 Å². The van der Waals surface area contributed by atoms with Crippen LogP contribution in [0.25, 0.3) is 10.9 Å². The van der Waals surface area contributed by atoms with E-state index in [2.05, 4.69) is 59.9 Å². The average molecular weight is 668 g/mol. The number of amides is 2.